The Morgan fingerprint density at radius 1 is 1.47 bits per heavy atom. The molecule has 1 fully saturated rings. The maximum Gasteiger partial charge on any atom is 0.182 e. The summed E-state index contributed by atoms with van der Waals surface area (Å²) in [6, 6.07) is 5.13. The molecule has 17 heavy (non-hydrogen) atoms. The molecule has 0 saturated heterocycles. The minimum Gasteiger partial charge on any atom is -0.330 e. The zero-order chi connectivity index (χ0) is 12.6. The summed E-state index contributed by atoms with van der Waals surface area (Å²) in [5.74, 6) is 0.185. The predicted molar refractivity (Wildman–Crippen MR) is 69.1 cm³/mol. The molecule has 2 rings (SSSR count). The van der Waals surface area contributed by atoms with Crippen molar-refractivity contribution < 1.29 is 8.42 Å². The van der Waals surface area contributed by atoms with Gasteiger partial charge in [-0.15, -0.1) is 0 Å². The van der Waals surface area contributed by atoms with E-state index in [1.54, 1.807) is 18.2 Å². The van der Waals surface area contributed by atoms with E-state index >= 15 is 0 Å². The van der Waals surface area contributed by atoms with E-state index in [2.05, 4.69) is 0 Å². The van der Waals surface area contributed by atoms with Crippen LogP contribution in [0.2, 0.25) is 5.02 Å². The SMILES string of the molecule is CC(CN)c1ccc(S(=O)(=O)C2CC2)c(Cl)c1. The summed E-state index contributed by atoms with van der Waals surface area (Å²) in [7, 11) is -3.21. The van der Waals surface area contributed by atoms with E-state index in [1.807, 2.05) is 6.92 Å². The summed E-state index contributed by atoms with van der Waals surface area (Å²) in [6.45, 7) is 2.51. The van der Waals surface area contributed by atoms with Crippen LogP contribution in [0.5, 0.6) is 0 Å². The van der Waals surface area contributed by atoms with E-state index in [0.717, 1.165) is 18.4 Å². The molecule has 3 nitrogen and oxygen atoms in total. The molecule has 0 amide bonds. The Hall–Kier alpha value is -0.580. The minimum absolute atomic E-state index is 0.185. The molecule has 0 spiro atoms. The van der Waals surface area contributed by atoms with Gasteiger partial charge >= 0.3 is 0 Å². The number of hydrogen-bond donors (Lipinski definition) is 1. The van der Waals surface area contributed by atoms with Crippen molar-refractivity contribution in [1.82, 2.24) is 0 Å². The lowest BCUT2D eigenvalue weighted by Crippen LogP contribution is -2.11. The number of hydrogen-bond acceptors (Lipinski definition) is 3. The molecule has 2 N–H and O–H groups in total. The van der Waals surface area contributed by atoms with Gasteiger partial charge in [-0.1, -0.05) is 24.6 Å². The van der Waals surface area contributed by atoms with Crippen molar-refractivity contribution in [1.29, 1.82) is 0 Å². The molecular weight excluding hydrogens is 258 g/mol. The Labute approximate surface area is 107 Å². The molecule has 1 aliphatic rings. The Bertz CT molecular complexity index is 523. The fourth-order valence-electron chi connectivity index (χ4n) is 1.75. The minimum atomic E-state index is -3.21. The Morgan fingerprint density at radius 2 is 2.12 bits per heavy atom. The van der Waals surface area contributed by atoms with E-state index in [0.29, 0.717) is 11.6 Å². The van der Waals surface area contributed by atoms with Crippen LogP contribution in [0.25, 0.3) is 0 Å². The molecular formula is C12H16ClNO2S. The molecule has 1 saturated carbocycles. The highest BCUT2D eigenvalue weighted by Crippen LogP contribution is 2.37. The second kappa shape index (κ2) is 4.59. The van der Waals surface area contributed by atoms with Gasteiger partial charge in [0.1, 0.15) is 0 Å². The summed E-state index contributed by atoms with van der Waals surface area (Å²) < 4.78 is 24.1. The van der Waals surface area contributed by atoms with Gasteiger partial charge < -0.3 is 5.73 Å². The van der Waals surface area contributed by atoms with Crippen LogP contribution in [0.15, 0.2) is 23.1 Å². The van der Waals surface area contributed by atoms with Gasteiger partial charge in [-0.3, -0.25) is 0 Å². The van der Waals surface area contributed by atoms with Crippen LogP contribution in [0.1, 0.15) is 31.2 Å². The highest BCUT2D eigenvalue weighted by Gasteiger charge is 2.38. The molecule has 94 valence electrons. The smallest absolute Gasteiger partial charge is 0.182 e. The Morgan fingerprint density at radius 3 is 2.59 bits per heavy atom. The van der Waals surface area contributed by atoms with Crippen LogP contribution < -0.4 is 5.73 Å². The largest absolute Gasteiger partial charge is 0.330 e. The summed E-state index contributed by atoms with van der Waals surface area (Å²) in [4.78, 5) is 0.259. The summed E-state index contributed by atoms with van der Waals surface area (Å²) >= 11 is 6.07. The first-order chi connectivity index (χ1) is 7.96. The third-order valence-corrected chi connectivity index (χ3v) is 5.89. The van der Waals surface area contributed by atoms with Crippen molar-refractivity contribution in [2.24, 2.45) is 5.73 Å². The monoisotopic (exact) mass is 273 g/mol. The molecule has 0 heterocycles. The zero-order valence-corrected chi connectivity index (χ0v) is 11.3. The van der Waals surface area contributed by atoms with Gasteiger partial charge in [-0.25, -0.2) is 8.42 Å². The number of benzene rings is 1. The first-order valence-electron chi connectivity index (χ1n) is 5.70. The van der Waals surface area contributed by atoms with Gasteiger partial charge in [-0.2, -0.15) is 0 Å². The predicted octanol–water partition coefficient (Wildman–Crippen LogP) is 2.34. The third-order valence-electron chi connectivity index (χ3n) is 3.15. The normalized spacial score (nSPS) is 18.1. The number of halogens is 1. The zero-order valence-electron chi connectivity index (χ0n) is 9.69. The molecule has 0 aromatic heterocycles. The van der Waals surface area contributed by atoms with E-state index in [-0.39, 0.29) is 16.1 Å². The first kappa shape index (κ1) is 12.9. The molecule has 1 unspecified atom stereocenters. The van der Waals surface area contributed by atoms with Crippen molar-refractivity contribution in [2.75, 3.05) is 6.54 Å². The van der Waals surface area contributed by atoms with E-state index in [9.17, 15) is 8.42 Å². The van der Waals surface area contributed by atoms with Gasteiger partial charge in [0.15, 0.2) is 9.84 Å². The van der Waals surface area contributed by atoms with Crippen LogP contribution in [0.4, 0.5) is 0 Å². The topological polar surface area (TPSA) is 60.2 Å². The molecule has 0 radical (unpaired) electrons. The van der Waals surface area contributed by atoms with Crippen molar-refractivity contribution in [2.45, 2.75) is 35.8 Å². The van der Waals surface area contributed by atoms with Gasteiger partial charge in [0.25, 0.3) is 0 Å². The Kier molecular flexibility index (Phi) is 3.48. The molecule has 1 aromatic rings. The molecule has 0 aliphatic heterocycles. The average Bonchev–Trinajstić information content (AvgIpc) is 3.11. The number of rotatable bonds is 4. The quantitative estimate of drug-likeness (QED) is 0.916. The second-order valence-electron chi connectivity index (χ2n) is 4.57. The maximum atomic E-state index is 12.1. The van der Waals surface area contributed by atoms with Crippen molar-refractivity contribution in [3.05, 3.63) is 28.8 Å². The lowest BCUT2D eigenvalue weighted by atomic mass is 10.0. The first-order valence-corrected chi connectivity index (χ1v) is 7.62. The van der Waals surface area contributed by atoms with Crippen LogP contribution >= 0.6 is 11.6 Å². The van der Waals surface area contributed by atoms with Gasteiger partial charge in [0.05, 0.1) is 15.2 Å². The standard InChI is InChI=1S/C12H16ClNO2S/c1-8(7-14)9-2-5-12(11(13)6-9)17(15,16)10-3-4-10/h2,5-6,8,10H,3-4,7,14H2,1H3. The molecule has 1 atom stereocenters. The van der Waals surface area contributed by atoms with Crippen LogP contribution in [-0.4, -0.2) is 20.2 Å². The average molecular weight is 274 g/mol. The van der Waals surface area contributed by atoms with Crippen LogP contribution in [0, 0.1) is 0 Å². The second-order valence-corrected chi connectivity index (χ2v) is 7.17. The molecule has 1 aromatic carbocycles. The number of nitrogens with two attached hydrogens (primary N) is 1. The lowest BCUT2D eigenvalue weighted by Gasteiger charge is -2.11. The molecule has 5 heteroatoms. The van der Waals surface area contributed by atoms with Crippen molar-refractivity contribution >= 4 is 21.4 Å². The van der Waals surface area contributed by atoms with Gasteiger partial charge in [0.2, 0.25) is 0 Å². The maximum absolute atomic E-state index is 12.1. The molecule has 1 aliphatic carbocycles. The summed E-state index contributed by atoms with van der Waals surface area (Å²) in [5.41, 5.74) is 6.55. The number of sulfone groups is 1. The van der Waals surface area contributed by atoms with E-state index in [4.69, 9.17) is 17.3 Å². The fraction of sp³-hybridized carbons (Fsp3) is 0.500. The summed E-state index contributed by atoms with van der Waals surface area (Å²) in [6.07, 6.45) is 1.50. The highest BCUT2D eigenvalue weighted by atomic mass is 35.5. The lowest BCUT2D eigenvalue weighted by molar-refractivity contribution is 0.594. The summed E-state index contributed by atoms with van der Waals surface area (Å²) in [5, 5.41) is 0.0903. The van der Waals surface area contributed by atoms with E-state index in [1.165, 1.54) is 0 Å². The highest BCUT2D eigenvalue weighted by molar-refractivity contribution is 7.92. The third kappa shape index (κ3) is 2.49. The Balaban J connectivity index is 2.38. The van der Waals surface area contributed by atoms with Crippen LogP contribution in [0.3, 0.4) is 0 Å². The van der Waals surface area contributed by atoms with Crippen molar-refractivity contribution in [3.8, 4) is 0 Å². The fourth-order valence-corrected chi connectivity index (χ4v) is 3.96. The van der Waals surface area contributed by atoms with Crippen LogP contribution in [-0.2, 0) is 9.84 Å². The molecule has 0 bridgehead atoms. The van der Waals surface area contributed by atoms with Gasteiger partial charge in [0, 0.05) is 0 Å². The van der Waals surface area contributed by atoms with Gasteiger partial charge in [-0.05, 0) is 43.0 Å². The van der Waals surface area contributed by atoms with Crippen molar-refractivity contribution in [3.63, 3.8) is 0 Å². The van der Waals surface area contributed by atoms with E-state index < -0.39 is 9.84 Å².